The Morgan fingerprint density at radius 1 is 1.06 bits per heavy atom. The number of thiazole rings is 1. The number of nitrogens with zero attached hydrogens (tertiary/aromatic N) is 3. The van der Waals surface area contributed by atoms with Gasteiger partial charge in [-0.1, -0.05) is 0 Å². The Labute approximate surface area is 102 Å². The standard InChI is InChI=1S/C12H10N4S/c13-10-3-1-9(2-4-10)11-14-5-7-16(11)12-15-6-8-17-12/h1-8H,13H2. The van der Waals surface area contributed by atoms with E-state index in [1.54, 1.807) is 23.7 Å². The van der Waals surface area contributed by atoms with E-state index in [1.165, 1.54) is 0 Å². The summed E-state index contributed by atoms with van der Waals surface area (Å²) in [5.41, 5.74) is 7.45. The van der Waals surface area contributed by atoms with Crippen molar-refractivity contribution in [1.29, 1.82) is 0 Å². The largest absolute Gasteiger partial charge is 0.399 e. The molecule has 3 rings (SSSR count). The molecule has 0 aliphatic carbocycles. The molecule has 0 fully saturated rings. The third-order valence-electron chi connectivity index (χ3n) is 2.43. The second-order valence-corrected chi connectivity index (χ2v) is 4.43. The summed E-state index contributed by atoms with van der Waals surface area (Å²) in [6.45, 7) is 0. The predicted octanol–water partition coefficient (Wildman–Crippen LogP) is 2.58. The minimum Gasteiger partial charge on any atom is -0.399 e. The van der Waals surface area contributed by atoms with E-state index in [0.717, 1.165) is 22.2 Å². The Morgan fingerprint density at radius 2 is 1.88 bits per heavy atom. The maximum absolute atomic E-state index is 5.68. The Kier molecular flexibility index (Phi) is 2.38. The molecule has 2 aromatic heterocycles. The fourth-order valence-corrected chi connectivity index (χ4v) is 2.26. The van der Waals surface area contributed by atoms with E-state index in [2.05, 4.69) is 9.97 Å². The summed E-state index contributed by atoms with van der Waals surface area (Å²) in [5, 5.41) is 2.86. The molecule has 2 N–H and O–H groups in total. The molecule has 5 heteroatoms. The molecule has 84 valence electrons. The quantitative estimate of drug-likeness (QED) is 0.703. The van der Waals surface area contributed by atoms with Gasteiger partial charge in [-0.05, 0) is 24.3 Å². The van der Waals surface area contributed by atoms with Crippen LogP contribution in [0.5, 0.6) is 0 Å². The number of hydrogen-bond acceptors (Lipinski definition) is 4. The van der Waals surface area contributed by atoms with Crippen LogP contribution in [-0.4, -0.2) is 14.5 Å². The van der Waals surface area contributed by atoms with E-state index in [4.69, 9.17) is 5.73 Å². The maximum Gasteiger partial charge on any atom is 0.195 e. The average molecular weight is 242 g/mol. The van der Waals surface area contributed by atoms with Gasteiger partial charge in [-0.3, -0.25) is 4.57 Å². The monoisotopic (exact) mass is 242 g/mol. The van der Waals surface area contributed by atoms with E-state index in [-0.39, 0.29) is 0 Å². The third-order valence-corrected chi connectivity index (χ3v) is 3.21. The van der Waals surface area contributed by atoms with Crippen molar-refractivity contribution in [2.45, 2.75) is 0 Å². The molecule has 0 aliphatic heterocycles. The van der Waals surface area contributed by atoms with Crippen molar-refractivity contribution in [2.24, 2.45) is 0 Å². The first kappa shape index (κ1) is 10.0. The lowest BCUT2D eigenvalue weighted by atomic mass is 10.2. The molecule has 0 aliphatic rings. The van der Waals surface area contributed by atoms with Crippen LogP contribution in [0, 0.1) is 0 Å². The lowest BCUT2D eigenvalue weighted by Crippen LogP contribution is -1.95. The number of rotatable bonds is 2. The molecule has 0 radical (unpaired) electrons. The molecule has 0 spiro atoms. The van der Waals surface area contributed by atoms with Gasteiger partial charge in [0.25, 0.3) is 0 Å². The zero-order chi connectivity index (χ0) is 11.7. The summed E-state index contributed by atoms with van der Waals surface area (Å²) < 4.78 is 1.97. The molecule has 1 aromatic carbocycles. The Morgan fingerprint density at radius 3 is 2.59 bits per heavy atom. The van der Waals surface area contributed by atoms with Crippen LogP contribution < -0.4 is 5.73 Å². The van der Waals surface area contributed by atoms with E-state index >= 15 is 0 Å². The first-order valence-corrected chi connectivity index (χ1v) is 6.02. The minimum atomic E-state index is 0.751. The topological polar surface area (TPSA) is 56.7 Å². The SMILES string of the molecule is Nc1ccc(-c2nccn2-c2nccs2)cc1. The van der Waals surface area contributed by atoms with Gasteiger partial charge in [0.05, 0.1) is 0 Å². The zero-order valence-electron chi connectivity index (χ0n) is 8.95. The van der Waals surface area contributed by atoms with Crippen molar-refractivity contribution in [3.8, 4) is 16.5 Å². The summed E-state index contributed by atoms with van der Waals surface area (Å²) in [4.78, 5) is 8.64. The highest BCUT2D eigenvalue weighted by Crippen LogP contribution is 2.23. The van der Waals surface area contributed by atoms with Gasteiger partial charge in [-0.25, -0.2) is 9.97 Å². The number of aromatic nitrogens is 3. The van der Waals surface area contributed by atoms with Gasteiger partial charge in [0.15, 0.2) is 5.13 Å². The molecule has 17 heavy (non-hydrogen) atoms. The average Bonchev–Trinajstić information content (AvgIpc) is 3.00. The molecule has 0 saturated heterocycles. The molecule has 0 atom stereocenters. The molecule has 0 unspecified atom stereocenters. The van der Waals surface area contributed by atoms with Gasteiger partial charge in [0.2, 0.25) is 0 Å². The molecular weight excluding hydrogens is 232 g/mol. The van der Waals surface area contributed by atoms with Crippen LogP contribution in [0.15, 0.2) is 48.2 Å². The van der Waals surface area contributed by atoms with Crippen molar-refractivity contribution in [3.63, 3.8) is 0 Å². The van der Waals surface area contributed by atoms with Crippen LogP contribution in [0.3, 0.4) is 0 Å². The molecule has 0 bridgehead atoms. The van der Waals surface area contributed by atoms with Crippen LogP contribution in [0.25, 0.3) is 16.5 Å². The van der Waals surface area contributed by atoms with E-state index in [9.17, 15) is 0 Å². The highest BCUT2D eigenvalue weighted by Gasteiger charge is 2.08. The Bertz CT molecular complexity index is 610. The van der Waals surface area contributed by atoms with Gasteiger partial charge in [-0.2, -0.15) is 0 Å². The van der Waals surface area contributed by atoms with Crippen LogP contribution in [-0.2, 0) is 0 Å². The van der Waals surface area contributed by atoms with Crippen LogP contribution in [0.2, 0.25) is 0 Å². The summed E-state index contributed by atoms with van der Waals surface area (Å²) >= 11 is 1.58. The summed E-state index contributed by atoms with van der Waals surface area (Å²) in [5.74, 6) is 0.875. The minimum absolute atomic E-state index is 0.751. The number of anilines is 1. The van der Waals surface area contributed by atoms with Crippen molar-refractivity contribution in [3.05, 3.63) is 48.2 Å². The second-order valence-electron chi connectivity index (χ2n) is 3.56. The van der Waals surface area contributed by atoms with Crippen LogP contribution in [0.4, 0.5) is 5.69 Å². The lowest BCUT2D eigenvalue weighted by Gasteiger charge is -2.04. The highest BCUT2D eigenvalue weighted by atomic mass is 32.1. The first-order valence-electron chi connectivity index (χ1n) is 5.14. The predicted molar refractivity (Wildman–Crippen MR) is 69.1 cm³/mol. The molecule has 4 nitrogen and oxygen atoms in total. The zero-order valence-corrected chi connectivity index (χ0v) is 9.76. The Balaban J connectivity index is 2.10. The van der Waals surface area contributed by atoms with Crippen molar-refractivity contribution < 1.29 is 0 Å². The first-order chi connectivity index (χ1) is 8.34. The van der Waals surface area contributed by atoms with E-state index < -0.39 is 0 Å². The molecule has 0 saturated carbocycles. The number of imidazole rings is 1. The van der Waals surface area contributed by atoms with Crippen molar-refractivity contribution in [2.75, 3.05) is 5.73 Å². The summed E-state index contributed by atoms with van der Waals surface area (Å²) in [7, 11) is 0. The van der Waals surface area contributed by atoms with E-state index in [1.807, 2.05) is 40.4 Å². The third kappa shape index (κ3) is 1.81. The number of hydrogen-bond donors (Lipinski definition) is 1. The number of nitrogens with two attached hydrogens (primary N) is 1. The fraction of sp³-hybridized carbons (Fsp3) is 0. The summed E-state index contributed by atoms with van der Waals surface area (Å²) in [6.07, 6.45) is 5.46. The summed E-state index contributed by atoms with van der Waals surface area (Å²) in [6, 6.07) is 7.66. The maximum atomic E-state index is 5.68. The van der Waals surface area contributed by atoms with Gasteiger partial charge in [-0.15, -0.1) is 11.3 Å². The van der Waals surface area contributed by atoms with Gasteiger partial charge in [0, 0.05) is 35.2 Å². The molecule has 0 amide bonds. The number of nitrogen functional groups attached to an aromatic ring is 1. The van der Waals surface area contributed by atoms with Crippen LogP contribution >= 0.6 is 11.3 Å². The van der Waals surface area contributed by atoms with Gasteiger partial charge >= 0.3 is 0 Å². The highest BCUT2D eigenvalue weighted by molar-refractivity contribution is 7.12. The van der Waals surface area contributed by atoms with Gasteiger partial charge < -0.3 is 5.73 Å². The van der Waals surface area contributed by atoms with E-state index in [0.29, 0.717) is 0 Å². The molecule has 2 heterocycles. The molecule has 3 aromatic rings. The fourth-order valence-electron chi connectivity index (χ4n) is 1.64. The smallest absolute Gasteiger partial charge is 0.195 e. The lowest BCUT2D eigenvalue weighted by molar-refractivity contribution is 1.04. The van der Waals surface area contributed by atoms with Crippen molar-refractivity contribution >= 4 is 17.0 Å². The van der Waals surface area contributed by atoms with Crippen molar-refractivity contribution in [1.82, 2.24) is 14.5 Å². The number of benzene rings is 1. The van der Waals surface area contributed by atoms with Crippen LogP contribution in [0.1, 0.15) is 0 Å². The normalized spacial score (nSPS) is 10.6. The molecular formula is C12H10N4S. The second kappa shape index (κ2) is 4.03. The van der Waals surface area contributed by atoms with Gasteiger partial charge in [0.1, 0.15) is 5.82 Å². The Hall–Kier alpha value is -2.14.